The Hall–Kier alpha value is -2.44. The SMILES string of the molecule is Nc1ccc(C(=O)N2CC3(CCN(C(=O)O)CC3)C2)cc1O. The van der Waals surface area contributed by atoms with Gasteiger partial charge in [0.1, 0.15) is 5.75 Å². The summed E-state index contributed by atoms with van der Waals surface area (Å²) in [6.07, 6.45) is 0.700. The second-order valence-corrected chi connectivity index (χ2v) is 6.20. The van der Waals surface area contributed by atoms with Gasteiger partial charge in [0.2, 0.25) is 0 Å². The van der Waals surface area contributed by atoms with E-state index in [9.17, 15) is 14.7 Å². The van der Waals surface area contributed by atoms with Crippen molar-refractivity contribution in [3.8, 4) is 5.75 Å². The van der Waals surface area contributed by atoms with Crippen LogP contribution in [0.4, 0.5) is 10.5 Å². The van der Waals surface area contributed by atoms with Gasteiger partial charge in [0.25, 0.3) is 5.91 Å². The Morgan fingerprint density at radius 1 is 1.14 bits per heavy atom. The van der Waals surface area contributed by atoms with Gasteiger partial charge in [0.15, 0.2) is 0 Å². The first-order valence-electron chi connectivity index (χ1n) is 7.26. The number of nitrogen functional groups attached to an aromatic ring is 1. The Labute approximate surface area is 127 Å². The number of nitrogens with two attached hydrogens (primary N) is 1. The third kappa shape index (κ3) is 2.43. The predicted octanol–water partition coefficient (Wildman–Crippen LogP) is 1.19. The summed E-state index contributed by atoms with van der Waals surface area (Å²) in [6.45, 7) is 2.34. The highest BCUT2D eigenvalue weighted by atomic mass is 16.4. The van der Waals surface area contributed by atoms with Crippen LogP contribution in [-0.4, -0.2) is 58.2 Å². The van der Waals surface area contributed by atoms with Gasteiger partial charge in [-0.1, -0.05) is 0 Å². The van der Waals surface area contributed by atoms with E-state index < -0.39 is 6.09 Å². The molecule has 0 saturated carbocycles. The normalized spacial score (nSPS) is 19.8. The van der Waals surface area contributed by atoms with E-state index in [1.165, 1.54) is 17.0 Å². The molecular formula is C15H19N3O4. The van der Waals surface area contributed by atoms with Gasteiger partial charge in [0.05, 0.1) is 5.69 Å². The van der Waals surface area contributed by atoms with Crippen LogP contribution in [0.15, 0.2) is 18.2 Å². The van der Waals surface area contributed by atoms with Crippen molar-refractivity contribution in [3.63, 3.8) is 0 Å². The fourth-order valence-electron chi connectivity index (χ4n) is 3.25. The number of hydrogen-bond donors (Lipinski definition) is 3. The number of piperidine rings is 1. The van der Waals surface area contributed by atoms with Crippen LogP contribution in [0.25, 0.3) is 0 Å². The number of phenolic OH excluding ortho intramolecular Hbond substituents is 1. The van der Waals surface area contributed by atoms with Gasteiger partial charge in [-0.15, -0.1) is 0 Å². The molecule has 0 atom stereocenters. The molecule has 22 heavy (non-hydrogen) atoms. The molecule has 2 saturated heterocycles. The van der Waals surface area contributed by atoms with Crippen LogP contribution in [0.5, 0.6) is 5.75 Å². The topological polar surface area (TPSA) is 107 Å². The van der Waals surface area contributed by atoms with Gasteiger partial charge in [-0.2, -0.15) is 0 Å². The molecule has 2 aliphatic rings. The van der Waals surface area contributed by atoms with E-state index in [1.807, 2.05) is 0 Å². The monoisotopic (exact) mass is 305 g/mol. The Kier molecular flexibility index (Phi) is 3.35. The molecule has 1 spiro atoms. The Bertz CT molecular complexity index is 615. The highest BCUT2D eigenvalue weighted by Crippen LogP contribution is 2.41. The van der Waals surface area contributed by atoms with E-state index >= 15 is 0 Å². The third-order valence-electron chi connectivity index (χ3n) is 4.71. The third-order valence-corrected chi connectivity index (χ3v) is 4.71. The molecule has 2 amide bonds. The molecule has 7 nitrogen and oxygen atoms in total. The largest absolute Gasteiger partial charge is 0.506 e. The number of carbonyl (C=O) groups is 2. The summed E-state index contributed by atoms with van der Waals surface area (Å²) in [5.41, 5.74) is 6.25. The van der Waals surface area contributed by atoms with E-state index in [-0.39, 0.29) is 22.8 Å². The first-order valence-corrected chi connectivity index (χ1v) is 7.26. The van der Waals surface area contributed by atoms with Gasteiger partial charge >= 0.3 is 6.09 Å². The van der Waals surface area contributed by atoms with Crippen molar-refractivity contribution < 1.29 is 19.8 Å². The van der Waals surface area contributed by atoms with Crippen molar-refractivity contribution in [3.05, 3.63) is 23.8 Å². The van der Waals surface area contributed by atoms with E-state index in [4.69, 9.17) is 10.8 Å². The highest BCUT2D eigenvalue weighted by Gasteiger charge is 2.47. The number of aromatic hydroxyl groups is 1. The summed E-state index contributed by atoms with van der Waals surface area (Å²) in [5.74, 6) is -0.211. The lowest BCUT2D eigenvalue weighted by molar-refractivity contribution is -0.0291. The minimum Gasteiger partial charge on any atom is -0.506 e. The summed E-state index contributed by atoms with van der Waals surface area (Å²) in [5, 5.41) is 18.6. The van der Waals surface area contributed by atoms with Gasteiger partial charge < -0.3 is 25.7 Å². The van der Waals surface area contributed by atoms with Gasteiger partial charge in [0, 0.05) is 37.2 Å². The van der Waals surface area contributed by atoms with Gasteiger partial charge in [-0.25, -0.2) is 4.79 Å². The standard InChI is InChI=1S/C15H19N3O4/c16-11-2-1-10(7-12(11)19)13(20)18-8-15(9-18)3-5-17(6-4-15)14(21)22/h1-2,7,19H,3-6,8-9,16H2,(H,21,22). The lowest BCUT2D eigenvalue weighted by Crippen LogP contribution is -2.62. The zero-order valence-corrected chi connectivity index (χ0v) is 12.2. The number of likely N-dealkylation sites (tertiary alicyclic amines) is 2. The van der Waals surface area contributed by atoms with Gasteiger partial charge in [-0.3, -0.25) is 4.79 Å². The number of benzene rings is 1. The van der Waals surface area contributed by atoms with Crippen molar-refractivity contribution in [2.24, 2.45) is 5.41 Å². The number of rotatable bonds is 1. The van der Waals surface area contributed by atoms with Crippen LogP contribution in [0, 0.1) is 5.41 Å². The quantitative estimate of drug-likeness (QED) is 0.533. The summed E-state index contributed by atoms with van der Waals surface area (Å²) in [4.78, 5) is 26.4. The van der Waals surface area contributed by atoms with Crippen molar-refractivity contribution in [1.29, 1.82) is 0 Å². The first kappa shape index (κ1) is 14.5. The average molecular weight is 305 g/mol. The van der Waals surface area contributed by atoms with Crippen molar-refractivity contribution >= 4 is 17.7 Å². The first-order chi connectivity index (χ1) is 10.4. The van der Waals surface area contributed by atoms with E-state index in [2.05, 4.69) is 0 Å². The highest BCUT2D eigenvalue weighted by molar-refractivity contribution is 5.95. The van der Waals surface area contributed by atoms with Crippen molar-refractivity contribution in [2.45, 2.75) is 12.8 Å². The molecular weight excluding hydrogens is 286 g/mol. The number of nitrogens with zero attached hydrogens (tertiary/aromatic N) is 2. The van der Waals surface area contributed by atoms with Crippen LogP contribution in [0.1, 0.15) is 23.2 Å². The molecule has 118 valence electrons. The number of phenols is 1. The van der Waals surface area contributed by atoms with Crippen molar-refractivity contribution in [1.82, 2.24) is 9.80 Å². The minimum absolute atomic E-state index is 0.0530. The lowest BCUT2D eigenvalue weighted by Gasteiger charge is -2.53. The molecule has 7 heteroatoms. The summed E-state index contributed by atoms with van der Waals surface area (Å²) in [6, 6.07) is 4.51. The summed E-state index contributed by atoms with van der Waals surface area (Å²) in [7, 11) is 0. The van der Waals surface area contributed by atoms with Crippen LogP contribution < -0.4 is 5.73 Å². The molecule has 2 heterocycles. The van der Waals surface area contributed by atoms with E-state index in [1.54, 1.807) is 11.0 Å². The molecule has 4 N–H and O–H groups in total. The number of hydrogen-bond acceptors (Lipinski definition) is 4. The maximum absolute atomic E-state index is 12.4. The second kappa shape index (κ2) is 5.08. The number of carboxylic acid groups (broad SMARTS) is 1. The smallest absolute Gasteiger partial charge is 0.407 e. The van der Waals surface area contributed by atoms with Crippen LogP contribution >= 0.6 is 0 Å². The molecule has 0 aromatic heterocycles. The van der Waals surface area contributed by atoms with E-state index in [0.717, 1.165) is 12.8 Å². The zero-order chi connectivity index (χ0) is 15.9. The molecule has 2 aliphatic heterocycles. The molecule has 0 radical (unpaired) electrons. The molecule has 0 bridgehead atoms. The van der Waals surface area contributed by atoms with Crippen LogP contribution in [0.2, 0.25) is 0 Å². The molecule has 3 rings (SSSR count). The molecule has 1 aromatic rings. The molecule has 2 fully saturated rings. The van der Waals surface area contributed by atoms with Crippen LogP contribution in [-0.2, 0) is 0 Å². The summed E-state index contributed by atoms with van der Waals surface area (Å²) >= 11 is 0. The minimum atomic E-state index is -0.876. The maximum atomic E-state index is 12.4. The molecule has 0 aliphatic carbocycles. The fourth-order valence-corrected chi connectivity index (χ4v) is 3.25. The lowest BCUT2D eigenvalue weighted by atomic mass is 9.72. The second-order valence-electron chi connectivity index (χ2n) is 6.20. The Morgan fingerprint density at radius 3 is 2.32 bits per heavy atom. The maximum Gasteiger partial charge on any atom is 0.407 e. The Morgan fingerprint density at radius 2 is 1.77 bits per heavy atom. The number of anilines is 1. The average Bonchev–Trinajstić information content (AvgIpc) is 2.47. The van der Waals surface area contributed by atoms with Crippen molar-refractivity contribution in [2.75, 3.05) is 31.9 Å². The van der Waals surface area contributed by atoms with Crippen LogP contribution in [0.3, 0.4) is 0 Å². The van der Waals surface area contributed by atoms with E-state index in [0.29, 0.717) is 31.7 Å². The predicted molar refractivity (Wildman–Crippen MR) is 79.7 cm³/mol. The number of carbonyl (C=O) groups excluding carboxylic acids is 1. The summed E-state index contributed by atoms with van der Waals surface area (Å²) < 4.78 is 0. The Balaban J connectivity index is 1.60. The van der Waals surface area contributed by atoms with Gasteiger partial charge in [-0.05, 0) is 31.0 Å². The number of amides is 2. The molecule has 0 unspecified atom stereocenters. The molecule has 1 aromatic carbocycles. The zero-order valence-electron chi connectivity index (χ0n) is 12.2. The fraction of sp³-hybridized carbons (Fsp3) is 0.467.